The highest BCUT2D eigenvalue weighted by Crippen LogP contribution is 2.39. The number of carbonyl (C=O) groups excluding carboxylic acids is 3. The standard InChI is InChI=1S/C26H27ClFN3O5/c27-21-4-2-1-3-20(21)24(33)29-11-9-26(10-12-29)31(23(32)18-5-7-19(28)8-6-18)22(17-36-26)25(34)30-13-15-35-16-14-30/h1-8,22H,9-17H2/t22-/m0/s1. The van der Waals surface area contributed by atoms with Crippen LogP contribution in [0.15, 0.2) is 48.5 Å². The van der Waals surface area contributed by atoms with Crippen molar-refractivity contribution in [3.63, 3.8) is 0 Å². The van der Waals surface area contributed by atoms with Crippen LogP contribution in [0.5, 0.6) is 0 Å². The van der Waals surface area contributed by atoms with Crippen molar-refractivity contribution in [3.8, 4) is 0 Å². The van der Waals surface area contributed by atoms with Gasteiger partial charge in [-0.3, -0.25) is 19.3 Å². The molecule has 10 heteroatoms. The second kappa shape index (κ2) is 10.2. The van der Waals surface area contributed by atoms with Crippen LogP contribution in [0.3, 0.4) is 0 Å². The molecule has 0 aromatic heterocycles. The zero-order valence-corrected chi connectivity index (χ0v) is 20.5. The van der Waals surface area contributed by atoms with Crippen LogP contribution in [0.4, 0.5) is 4.39 Å². The van der Waals surface area contributed by atoms with Gasteiger partial charge in [0.1, 0.15) is 17.6 Å². The van der Waals surface area contributed by atoms with Crippen LogP contribution in [0, 0.1) is 5.82 Å². The van der Waals surface area contributed by atoms with Crippen LogP contribution >= 0.6 is 11.6 Å². The number of benzene rings is 2. The first-order chi connectivity index (χ1) is 17.4. The Morgan fingerprint density at radius 2 is 1.56 bits per heavy atom. The van der Waals surface area contributed by atoms with Crippen LogP contribution in [0.2, 0.25) is 5.02 Å². The molecule has 36 heavy (non-hydrogen) atoms. The van der Waals surface area contributed by atoms with Gasteiger partial charge in [0.25, 0.3) is 11.8 Å². The van der Waals surface area contributed by atoms with E-state index in [-0.39, 0.29) is 24.0 Å². The summed E-state index contributed by atoms with van der Waals surface area (Å²) < 4.78 is 25.1. The van der Waals surface area contributed by atoms with Crippen LogP contribution in [-0.4, -0.2) is 90.2 Å². The molecule has 1 atom stereocenters. The van der Waals surface area contributed by atoms with E-state index in [9.17, 15) is 18.8 Å². The molecule has 0 unspecified atom stereocenters. The number of piperidine rings is 1. The zero-order valence-electron chi connectivity index (χ0n) is 19.7. The number of rotatable bonds is 3. The highest BCUT2D eigenvalue weighted by Gasteiger charge is 2.55. The summed E-state index contributed by atoms with van der Waals surface area (Å²) in [7, 11) is 0. The molecule has 3 fully saturated rings. The second-order valence-corrected chi connectivity index (χ2v) is 9.57. The van der Waals surface area contributed by atoms with Gasteiger partial charge in [-0.1, -0.05) is 23.7 Å². The smallest absolute Gasteiger partial charge is 0.256 e. The van der Waals surface area contributed by atoms with Gasteiger partial charge in [0, 0.05) is 44.6 Å². The average molecular weight is 516 g/mol. The number of halogens is 2. The maximum Gasteiger partial charge on any atom is 0.256 e. The van der Waals surface area contributed by atoms with E-state index in [1.165, 1.54) is 29.2 Å². The summed E-state index contributed by atoms with van der Waals surface area (Å²) in [6.45, 7) is 2.49. The highest BCUT2D eigenvalue weighted by molar-refractivity contribution is 6.33. The van der Waals surface area contributed by atoms with E-state index in [4.69, 9.17) is 21.1 Å². The van der Waals surface area contributed by atoms with Gasteiger partial charge in [-0.2, -0.15) is 0 Å². The minimum atomic E-state index is -1.05. The predicted octanol–water partition coefficient (Wildman–Crippen LogP) is 2.81. The molecule has 2 aromatic rings. The van der Waals surface area contributed by atoms with Crippen molar-refractivity contribution in [2.45, 2.75) is 24.6 Å². The van der Waals surface area contributed by atoms with Crippen molar-refractivity contribution < 1.29 is 28.2 Å². The Labute approximate surface area is 213 Å². The Kier molecular flexibility index (Phi) is 6.96. The molecule has 3 amide bonds. The Morgan fingerprint density at radius 3 is 2.22 bits per heavy atom. The molecule has 3 aliphatic rings. The molecule has 5 rings (SSSR count). The summed E-state index contributed by atoms with van der Waals surface area (Å²) in [6, 6.07) is 11.3. The molecule has 0 radical (unpaired) electrons. The van der Waals surface area contributed by atoms with E-state index >= 15 is 0 Å². The quantitative estimate of drug-likeness (QED) is 0.628. The van der Waals surface area contributed by atoms with Gasteiger partial charge in [0.2, 0.25) is 5.91 Å². The van der Waals surface area contributed by atoms with E-state index in [2.05, 4.69) is 0 Å². The van der Waals surface area contributed by atoms with Crippen LogP contribution in [0.1, 0.15) is 33.6 Å². The van der Waals surface area contributed by atoms with Crippen LogP contribution < -0.4 is 0 Å². The second-order valence-electron chi connectivity index (χ2n) is 9.16. The Bertz CT molecular complexity index is 1150. The van der Waals surface area contributed by atoms with Crippen molar-refractivity contribution in [3.05, 3.63) is 70.5 Å². The maximum atomic E-state index is 13.7. The fourth-order valence-corrected chi connectivity index (χ4v) is 5.36. The number of likely N-dealkylation sites (tertiary alicyclic amines) is 1. The molecular weight excluding hydrogens is 489 g/mol. The predicted molar refractivity (Wildman–Crippen MR) is 129 cm³/mol. The van der Waals surface area contributed by atoms with E-state index < -0.39 is 23.5 Å². The minimum absolute atomic E-state index is 0.0571. The van der Waals surface area contributed by atoms with Gasteiger partial charge in [-0.05, 0) is 36.4 Å². The first-order valence-corrected chi connectivity index (χ1v) is 12.4. The summed E-state index contributed by atoms with van der Waals surface area (Å²) in [4.78, 5) is 45.2. The maximum absolute atomic E-state index is 13.7. The van der Waals surface area contributed by atoms with Gasteiger partial charge >= 0.3 is 0 Å². The molecule has 8 nitrogen and oxygen atoms in total. The van der Waals surface area contributed by atoms with Gasteiger partial charge in [0.15, 0.2) is 0 Å². The molecule has 3 saturated heterocycles. The summed E-state index contributed by atoms with van der Waals surface area (Å²) >= 11 is 6.23. The minimum Gasteiger partial charge on any atom is -0.378 e. The average Bonchev–Trinajstić information content (AvgIpc) is 3.27. The molecule has 3 aliphatic heterocycles. The lowest BCUT2D eigenvalue weighted by Crippen LogP contribution is -2.60. The Morgan fingerprint density at radius 1 is 0.889 bits per heavy atom. The first-order valence-electron chi connectivity index (χ1n) is 12.0. The number of morpholine rings is 1. The van der Waals surface area contributed by atoms with Gasteiger partial charge in [-0.15, -0.1) is 0 Å². The van der Waals surface area contributed by atoms with E-state index in [0.29, 0.717) is 62.8 Å². The third-order valence-corrected chi connectivity index (χ3v) is 7.44. The summed E-state index contributed by atoms with van der Waals surface area (Å²) in [5, 5.41) is 0.379. The number of carbonyl (C=O) groups is 3. The van der Waals surface area contributed by atoms with Crippen molar-refractivity contribution >= 4 is 29.3 Å². The normalized spacial score (nSPS) is 21.6. The molecule has 2 aromatic carbocycles. The van der Waals surface area contributed by atoms with Crippen molar-refractivity contribution in [1.29, 1.82) is 0 Å². The van der Waals surface area contributed by atoms with Crippen molar-refractivity contribution in [1.82, 2.24) is 14.7 Å². The lowest BCUT2D eigenvalue weighted by molar-refractivity contribution is -0.141. The number of hydrogen-bond donors (Lipinski definition) is 0. The van der Waals surface area contributed by atoms with E-state index in [1.807, 2.05) is 0 Å². The number of nitrogens with zero attached hydrogens (tertiary/aromatic N) is 3. The highest BCUT2D eigenvalue weighted by atomic mass is 35.5. The number of hydrogen-bond acceptors (Lipinski definition) is 5. The fourth-order valence-electron chi connectivity index (χ4n) is 5.15. The van der Waals surface area contributed by atoms with Crippen LogP contribution in [0.25, 0.3) is 0 Å². The molecule has 190 valence electrons. The molecule has 0 bridgehead atoms. The Balaban J connectivity index is 1.40. The topological polar surface area (TPSA) is 79.4 Å². The lowest BCUT2D eigenvalue weighted by Gasteiger charge is -2.45. The monoisotopic (exact) mass is 515 g/mol. The van der Waals surface area contributed by atoms with Crippen molar-refractivity contribution in [2.75, 3.05) is 46.0 Å². The van der Waals surface area contributed by atoms with E-state index in [0.717, 1.165) is 0 Å². The molecule has 0 N–H and O–H groups in total. The lowest BCUT2D eigenvalue weighted by atomic mass is 9.96. The fraction of sp³-hybridized carbons (Fsp3) is 0.423. The molecule has 0 saturated carbocycles. The summed E-state index contributed by atoms with van der Waals surface area (Å²) in [6.07, 6.45) is 0.673. The van der Waals surface area contributed by atoms with Crippen LogP contribution in [-0.2, 0) is 14.3 Å². The van der Waals surface area contributed by atoms with Gasteiger partial charge < -0.3 is 19.3 Å². The molecule has 3 heterocycles. The third-order valence-electron chi connectivity index (χ3n) is 7.11. The van der Waals surface area contributed by atoms with Gasteiger partial charge in [-0.25, -0.2) is 4.39 Å². The number of ether oxygens (including phenoxy) is 2. The largest absolute Gasteiger partial charge is 0.378 e. The summed E-state index contributed by atoms with van der Waals surface area (Å²) in [5.74, 6) is -1.23. The first kappa shape index (κ1) is 24.7. The van der Waals surface area contributed by atoms with Crippen molar-refractivity contribution in [2.24, 2.45) is 0 Å². The SMILES string of the molecule is O=C(c1ccccc1Cl)N1CCC2(CC1)OC[C@@H](C(=O)N1CCOCC1)N2C(=O)c1ccc(F)cc1. The molecule has 0 aliphatic carbocycles. The zero-order chi connectivity index (χ0) is 25.3. The number of amides is 3. The summed E-state index contributed by atoms with van der Waals surface area (Å²) in [5.41, 5.74) is -0.354. The molecule has 1 spiro atoms. The molecular formula is C26H27ClFN3O5. The van der Waals surface area contributed by atoms with Gasteiger partial charge in [0.05, 0.1) is 30.4 Å². The third kappa shape index (κ3) is 4.58. The Hall–Kier alpha value is -3.01. The van der Waals surface area contributed by atoms with E-state index in [1.54, 1.807) is 34.1 Å².